The van der Waals surface area contributed by atoms with Gasteiger partial charge in [-0.2, -0.15) is 0 Å². The van der Waals surface area contributed by atoms with Crippen LogP contribution in [0.5, 0.6) is 0 Å². The second-order valence-electron chi connectivity index (χ2n) is 7.53. The second-order valence-corrected chi connectivity index (χ2v) is 7.53. The molecule has 0 fully saturated rings. The first-order valence-electron chi connectivity index (χ1n) is 9.46. The van der Waals surface area contributed by atoms with Crippen molar-refractivity contribution in [1.29, 1.82) is 0 Å². The molecular formula is C23H32O4. The molecule has 27 heavy (non-hydrogen) atoms. The van der Waals surface area contributed by atoms with Crippen molar-refractivity contribution < 1.29 is 19.1 Å². The summed E-state index contributed by atoms with van der Waals surface area (Å²) in [4.78, 5) is 22.6. The predicted octanol–water partition coefficient (Wildman–Crippen LogP) is 6.22. The number of esters is 1. The van der Waals surface area contributed by atoms with Crippen molar-refractivity contribution >= 4 is 12.1 Å². The Morgan fingerprint density at radius 3 is 2.48 bits per heavy atom. The maximum absolute atomic E-state index is 11.5. The van der Waals surface area contributed by atoms with Gasteiger partial charge in [0.2, 0.25) is 0 Å². The third kappa shape index (κ3) is 8.25. The second kappa shape index (κ2) is 10.7. The average molecular weight is 373 g/mol. The van der Waals surface area contributed by atoms with Gasteiger partial charge in [0.25, 0.3) is 0 Å². The molecule has 1 aliphatic rings. The standard InChI is InChI=1S/C23H32O4/c1-7-26-22(25)27-21(24)16-18(3)11-8-10-17(2)13-14-20-19(4)12-9-15-23(20,5)6/h8,10-11,13-14,16H,7,9,12,15H2,1-6H3/b11-8+,14-13+,17-10+,18-16+. The topological polar surface area (TPSA) is 52.6 Å². The quantitative estimate of drug-likeness (QED) is 0.240. The lowest BCUT2D eigenvalue weighted by Crippen LogP contribution is -2.19. The molecule has 4 nitrogen and oxygen atoms in total. The third-order valence-electron chi connectivity index (χ3n) is 4.57. The van der Waals surface area contributed by atoms with Gasteiger partial charge >= 0.3 is 12.1 Å². The van der Waals surface area contributed by atoms with Crippen molar-refractivity contribution in [2.75, 3.05) is 6.61 Å². The molecule has 0 unspecified atom stereocenters. The Balaban J connectivity index is 2.68. The zero-order chi connectivity index (χ0) is 20.4. The largest absolute Gasteiger partial charge is 0.516 e. The van der Waals surface area contributed by atoms with Crippen molar-refractivity contribution in [1.82, 2.24) is 0 Å². The molecule has 0 saturated carbocycles. The zero-order valence-corrected chi connectivity index (χ0v) is 17.4. The molecule has 4 heteroatoms. The van der Waals surface area contributed by atoms with Crippen LogP contribution in [0.2, 0.25) is 0 Å². The monoisotopic (exact) mass is 372 g/mol. The maximum atomic E-state index is 11.5. The summed E-state index contributed by atoms with van der Waals surface area (Å²) in [6.45, 7) is 12.5. The minimum atomic E-state index is -0.980. The number of rotatable bonds is 6. The predicted molar refractivity (Wildman–Crippen MR) is 109 cm³/mol. The molecule has 148 valence electrons. The summed E-state index contributed by atoms with van der Waals surface area (Å²) in [5.41, 5.74) is 4.94. The van der Waals surface area contributed by atoms with Gasteiger partial charge in [-0.15, -0.1) is 0 Å². The minimum Gasteiger partial charge on any atom is -0.434 e. The SMILES string of the molecule is CCOC(=O)OC(=O)/C=C(C)/C=C/C=C(C)/C=C/C1=C(C)CCCC1(C)C. The molecule has 0 aliphatic heterocycles. The molecule has 0 atom stereocenters. The normalized spacial score (nSPS) is 18.3. The lowest BCUT2D eigenvalue weighted by Gasteiger charge is -2.32. The summed E-state index contributed by atoms with van der Waals surface area (Å²) in [5, 5.41) is 0. The molecule has 1 aliphatic carbocycles. The Labute approximate surface area is 163 Å². The van der Waals surface area contributed by atoms with Crippen LogP contribution in [0, 0.1) is 5.41 Å². The summed E-state index contributed by atoms with van der Waals surface area (Å²) in [6.07, 6.45) is 13.9. The molecule has 0 amide bonds. The summed E-state index contributed by atoms with van der Waals surface area (Å²) >= 11 is 0. The highest BCUT2D eigenvalue weighted by Gasteiger charge is 2.26. The lowest BCUT2D eigenvalue weighted by molar-refractivity contribution is -0.134. The number of allylic oxidation sites excluding steroid dienone is 9. The molecule has 0 radical (unpaired) electrons. The summed E-state index contributed by atoms with van der Waals surface area (Å²) in [7, 11) is 0. The van der Waals surface area contributed by atoms with Crippen molar-refractivity contribution in [2.24, 2.45) is 5.41 Å². The van der Waals surface area contributed by atoms with Crippen molar-refractivity contribution in [3.63, 3.8) is 0 Å². The molecule has 0 aromatic heterocycles. The van der Waals surface area contributed by atoms with E-state index in [9.17, 15) is 9.59 Å². The summed E-state index contributed by atoms with van der Waals surface area (Å²) < 4.78 is 9.04. The van der Waals surface area contributed by atoms with E-state index in [-0.39, 0.29) is 12.0 Å². The van der Waals surface area contributed by atoms with Gasteiger partial charge in [0.05, 0.1) is 6.61 Å². The highest BCUT2D eigenvalue weighted by Crippen LogP contribution is 2.40. The first-order valence-corrected chi connectivity index (χ1v) is 9.46. The Hall–Kier alpha value is -2.36. The highest BCUT2D eigenvalue weighted by molar-refractivity contribution is 5.90. The van der Waals surface area contributed by atoms with Crippen LogP contribution < -0.4 is 0 Å². The van der Waals surface area contributed by atoms with Crippen molar-refractivity contribution in [2.45, 2.75) is 60.8 Å². The van der Waals surface area contributed by atoms with E-state index in [2.05, 4.69) is 42.4 Å². The van der Waals surface area contributed by atoms with Gasteiger partial charge in [-0.25, -0.2) is 9.59 Å². The Morgan fingerprint density at radius 1 is 1.15 bits per heavy atom. The first-order chi connectivity index (χ1) is 12.7. The molecule has 0 aromatic carbocycles. The average Bonchev–Trinajstić information content (AvgIpc) is 2.53. The summed E-state index contributed by atoms with van der Waals surface area (Å²) in [6, 6.07) is 0. The van der Waals surface area contributed by atoms with Crippen LogP contribution in [-0.4, -0.2) is 18.7 Å². The van der Waals surface area contributed by atoms with E-state index in [4.69, 9.17) is 0 Å². The van der Waals surface area contributed by atoms with Crippen LogP contribution in [0.1, 0.15) is 60.8 Å². The van der Waals surface area contributed by atoms with E-state index in [1.807, 2.05) is 19.1 Å². The van der Waals surface area contributed by atoms with Crippen LogP contribution in [0.3, 0.4) is 0 Å². The Kier molecular flexibility index (Phi) is 8.99. The third-order valence-corrected chi connectivity index (χ3v) is 4.57. The van der Waals surface area contributed by atoms with Gasteiger partial charge in [-0.1, -0.05) is 55.4 Å². The molecular weight excluding hydrogens is 340 g/mol. The van der Waals surface area contributed by atoms with Crippen LogP contribution in [0.25, 0.3) is 0 Å². The fraction of sp³-hybridized carbons (Fsp3) is 0.478. The molecule has 0 N–H and O–H groups in total. The Bertz CT molecular complexity index is 700. The van der Waals surface area contributed by atoms with Gasteiger partial charge in [-0.05, 0) is 63.5 Å². The highest BCUT2D eigenvalue weighted by atomic mass is 16.7. The molecule has 1 rings (SSSR count). The van der Waals surface area contributed by atoms with E-state index in [1.165, 1.54) is 36.5 Å². The Morgan fingerprint density at radius 2 is 1.85 bits per heavy atom. The fourth-order valence-corrected chi connectivity index (χ4v) is 3.13. The fourth-order valence-electron chi connectivity index (χ4n) is 3.13. The molecule has 0 saturated heterocycles. The van der Waals surface area contributed by atoms with E-state index in [0.29, 0.717) is 5.57 Å². The van der Waals surface area contributed by atoms with Crippen LogP contribution in [0.4, 0.5) is 4.79 Å². The lowest BCUT2D eigenvalue weighted by atomic mass is 9.72. The van der Waals surface area contributed by atoms with Gasteiger partial charge < -0.3 is 9.47 Å². The molecule has 0 aromatic rings. The molecule has 0 bridgehead atoms. The van der Waals surface area contributed by atoms with Gasteiger partial charge in [0.15, 0.2) is 0 Å². The smallest absolute Gasteiger partial charge is 0.434 e. The van der Waals surface area contributed by atoms with Crippen LogP contribution in [0.15, 0.2) is 58.7 Å². The van der Waals surface area contributed by atoms with E-state index in [0.717, 1.165) is 5.57 Å². The zero-order valence-electron chi connectivity index (χ0n) is 17.4. The van der Waals surface area contributed by atoms with E-state index >= 15 is 0 Å². The number of carbonyl (C=O) groups is 2. The van der Waals surface area contributed by atoms with Gasteiger partial charge in [0, 0.05) is 6.08 Å². The van der Waals surface area contributed by atoms with Crippen molar-refractivity contribution in [3.05, 3.63) is 58.7 Å². The van der Waals surface area contributed by atoms with E-state index in [1.54, 1.807) is 19.9 Å². The minimum absolute atomic E-state index is 0.167. The number of ether oxygens (including phenoxy) is 2. The number of hydrogen-bond acceptors (Lipinski definition) is 4. The number of hydrogen-bond donors (Lipinski definition) is 0. The van der Waals surface area contributed by atoms with Gasteiger partial charge in [-0.3, -0.25) is 0 Å². The maximum Gasteiger partial charge on any atom is 0.516 e. The van der Waals surface area contributed by atoms with Crippen LogP contribution in [-0.2, 0) is 14.3 Å². The number of carbonyl (C=O) groups excluding carboxylic acids is 2. The summed E-state index contributed by atoms with van der Waals surface area (Å²) in [5.74, 6) is -0.738. The molecule has 0 spiro atoms. The van der Waals surface area contributed by atoms with E-state index < -0.39 is 12.1 Å². The van der Waals surface area contributed by atoms with Gasteiger partial charge in [0.1, 0.15) is 0 Å². The first kappa shape index (κ1) is 22.7. The van der Waals surface area contributed by atoms with Crippen LogP contribution >= 0.6 is 0 Å². The molecule has 0 heterocycles. The van der Waals surface area contributed by atoms with Crippen molar-refractivity contribution in [3.8, 4) is 0 Å².